The molecule has 1 aliphatic heterocycles. The van der Waals surface area contributed by atoms with E-state index in [4.69, 9.17) is 0 Å². The lowest BCUT2D eigenvalue weighted by molar-refractivity contribution is -0.123. The summed E-state index contributed by atoms with van der Waals surface area (Å²) in [7, 11) is 0. The van der Waals surface area contributed by atoms with E-state index in [1.807, 2.05) is 0 Å². The number of aromatic hydroxyl groups is 1. The van der Waals surface area contributed by atoms with Crippen LogP contribution in [0.15, 0.2) is 53.4 Å². The van der Waals surface area contributed by atoms with Crippen molar-refractivity contribution in [3.8, 4) is 5.75 Å². The van der Waals surface area contributed by atoms with Crippen LogP contribution in [0.4, 0.5) is 9.18 Å². The van der Waals surface area contributed by atoms with Crippen molar-refractivity contribution in [2.45, 2.75) is 6.54 Å². The molecule has 0 saturated carbocycles. The van der Waals surface area contributed by atoms with Gasteiger partial charge in [-0.1, -0.05) is 24.3 Å². The van der Waals surface area contributed by atoms with Gasteiger partial charge in [0, 0.05) is 0 Å². The molecule has 0 unspecified atom stereocenters. The van der Waals surface area contributed by atoms with Gasteiger partial charge in [-0.25, -0.2) is 4.39 Å². The number of rotatable bonds is 3. The maximum Gasteiger partial charge on any atom is 0.293 e. The second kappa shape index (κ2) is 6.26. The summed E-state index contributed by atoms with van der Waals surface area (Å²) in [5.74, 6) is -0.677. The number of carbonyl (C=O) groups excluding carboxylic acids is 2. The van der Waals surface area contributed by atoms with Crippen molar-refractivity contribution in [1.82, 2.24) is 4.90 Å². The summed E-state index contributed by atoms with van der Waals surface area (Å²) < 4.78 is 12.9. The predicted octanol–water partition coefficient (Wildman–Crippen LogP) is 3.77. The van der Waals surface area contributed by atoms with E-state index in [2.05, 4.69) is 0 Å². The van der Waals surface area contributed by atoms with Crippen LogP contribution >= 0.6 is 11.8 Å². The second-order valence-corrected chi connectivity index (χ2v) is 5.98. The number of phenolic OH excluding ortho intramolecular Hbond substituents is 1. The van der Waals surface area contributed by atoms with Crippen LogP contribution in [-0.2, 0) is 11.3 Å². The molecule has 1 heterocycles. The molecule has 0 spiro atoms. The standard InChI is InChI=1S/C17H12FNO3S/c18-13-6-4-11(5-7-13)10-19-16(21)15(23-17(19)22)9-12-2-1-3-14(20)8-12/h1-9,20H,10H2/b15-9-. The first-order chi connectivity index (χ1) is 11.0. The van der Waals surface area contributed by atoms with Crippen LogP contribution < -0.4 is 0 Å². The summed E-state index contributed by atoms with van der Waals surface area (Å²) in [5.41, 5.74) is 1.31. The zero-order valence-electron chi connectivity index (χ0n) is 11.9. The lowest BCUT2D eigenvalue weighted by Crippen LogP contribution is -2.27. The van der Waals surface area contributed by atoms with E-state index in [9.17, 15) is 19.1 Å². The summed E-state index contributed by atoms with van der Waals surface area (Å²) in [6.45, 7) is 0.0995. The summed E-state index contributed by atoms with van der Waals surface area (Å²) in [6, 6.07) is 12.1. The maximum atomic E-state index is 12.9. The Morgan fingerprint density at radius 1 is 1.13 bits per heavy atom. The zero-order valence-corrected chi connectivity index (χ0v) is 12.7. The lowest BCUT2D eigenvalue weighted by Gasteiger charge is -2.12. The fraction of sp³-hybridized carbons (Fsp3) is 0.0588. The van der Waals surface area contributed by atoms with Gasteiger partial charge in [0.2, 0.25) is 0 Å². The zero-order chi connectivity index (χ0) is 16.4. The Balaban J connectivity index is 1.81. The molecule has 0 bridgehead atoms. The van der Waals surface area contributed by atoms with Gasteiger partial charge in [0.1, 0.15) is 11.6 Å². The number of nitrogens with zero attached hydrogens (tertiary/aromatic N) is 1. The number of phenols is 1. The largest absolute Gasteiger partial charge is 0.508 e. The minimum absolute atomic E-state index is 0.0873. The summed E-state index contributed by atoms with van der Waals surface area (Å²) in [4.78, 5) is 25.8. The molecule has 2 amide bonds. The number of imide groups is 1. The Morgan fingerprint density at radius 3 is 2.57 bits per heavy atom. The molecule has 1 fully saturated rings. The van der Waals surface area contributed by atoms with E-state index >= 15 is 0 Å². The molecule has 0 aromatic heterocycles. The molecule has 3 rings (SSSR count). The first-order valence-electron chi connectivity index (χ1n) is 6.82. The van der Waals surface area contributed by atoms with Gasteiger partial charge in [0.25, 0.3) is 11.1 Å². The monoisotopic (exact) mass is 329 g/mol. The first-order valence-corrected chi connectivity index (χ1v) is 7.63. The van der Waals surface area contributed by atoms with Gasteiger partial charge >= 0.3 is 0 Å². The number of hydrogen-bond acceptors (Lipinski definition) is 4. The van der Waals surface area contributed by atoms with Crippen molar-refractivity contribution in [2.24, 2.45) is 0 Å². The number of amides is 2. The quantitative estimate of drug-likeness (QED) is 0.871. The van der Waals surface area contributed by atoms with E-state index < -0.39 is 5.91 Å². The van der Waals surface area contributed by atoms with Crippen molar-refractivity contribution >= 4 is 29.0 Å². The minimum Gasteiger partial charge on any atom is -0.508 e. The van der Waals surface area contributed by atoms with Crippen LogP contribution in [0, 0.1) is 5.82 Å². The van der Waals surface area contributed by atoms with Crippen molar-refractivity contribution < 1.29 is 19.1 Å². The fourth-order valence-corrected chi connectivity index (χ4v) is 3.01. The summed E-state index contributed by atoms with van der Waals surface area (Å²) >= 11 is 0.848. The van der Waals surface area contributed by atoms with Crippen LogP contribution in [0.25, 0.3) is 6.08 Å². The highest BCUT2D eigenvalue weighted by Crippen LogP contribution is 2.33. The molecule has 4 nitrogen and oxygen atoms in total. The van der Waals surface area contributed by atoms with Gasteiger partial charge in [0.15, 0.2) is 0 Å². The van der Waals surface area contributed by atoms with E-state index in [1.165, 1.54) is 36.4 Å². The highest BCUT2D eigenvalue weighted by Gasteiger charge is 2.34. The van der Waals surface area contributed by atoms with E-state index in [0.717, 1.165) is 16.7 Å². The maximum absolute atomic E-state index is 12.9. The van der Waals surface area contributed by atoms with Crippen molar-refractivity contribution in [3.63, 3.8) is 0 Å². The molecule has 0 aliphatic carbocycles. The van der Waals surface area contributed by atoms with Gasteiger partial charge in [-0.15, -0.1) is 0 Å². The molecule has 1 saturated heterocycles. The van der Waals surface area contributed by atoms with Gasteiger partial charge < -0.3 is 5.11 Å². The average molecular weight is 329 g/mol. The van der Waals surface area contributed by atoms with Crippen LogP contribution in [-0.4, -0.2) is 21.2 Å². The molecule has 2 aromatic rings. The summed E-state index contributed by atoms with van der Waals surface area (Å²) in [5, 5.41) is 9.08. The molecule has 1 aliphatic rings. The van der Waals surface area contributed by atoms with Crippen molar-refractivity contribution in [1.29, 1.82) is 0 Å². The van der Waals surface area contributed by atoms with Crippen molar-refractivity contribution in [3.05, 3.63) is 70.4 Å². The van der Waals surface area contributed by atoms with Crippen LogP contribution in [0.5, 0.6) is 5.75 Å². The van der Waals surface area contributed by atoms with E-state index in [1.54, 1.807) is 18.2 Å². The number of halogens is 1. The van der Waals surface area contributed by atoms with Crippen LogP contribution in [0.1, 0.15) is 11.1 Å². The fourth-order valence-electron chi connectivity index (χ4n) is 2.17. The highest BCUT2D eigenvalue weighted by molar-refractivity contribution is 8.18. The highest BCUT2D eigenvalue weighted by atomic mass is 32.2. The third kappa shape index (κ3) is 3.43. The SMILES string of the molecule is O=C1S/C(=C\c2cccc(O)c2)C(=O)N1Cc1ccc(F)cc1. The smallest absolute Gasteiger partial charge is 0.293 e. The van der Waals surface area contributed by atoms with E-state index in [-0.39, 0.29) is 23.4 Å². The third-order valence-electron chi connectivity index (χ3n) is 3.30. The Morgan fingerprint density at radius 2 is 1.87 bits per heavy atom. The Kier molecular flexibility index (Phi) is 4.16. The second-order valence-electron chi connectivity index (χ2n) is 4.99. The van der Waals surface area contributed by atoms with E-state index in [0.29, 0.717) is 16.0 Å². The number of carbonyl (C=O) groups is 2. The van der Waals surface area contributed by atoms with Gasteiger partial charge in [0.05, 0.1) is 11.4 Å². The topological polar surface area (TPSA) is 57.6 Å². The Labute approximate surface area is 136 Å². The van der Waals surface area contributed by atoms with Gasteiger partial charge in [-0.05, 0) is 53.2 Å². The Bertz CT molecular complexity index is 802. The molecule has 2 aromatic carbocycles. The number of benzene rings is 2. The molecule has 116 valence electrons. The van der Waals surface area contributed by atoms with Gasteiger partial charge in [-0.2, -0.15) is 0 Å². The molecule has 23 heavy (non-hydrogen) atoms. The molecule has 0 atom stereocenters. The average Bonchev–Trinajstić information content (AvgIpc) is 2.77. The predicted molar refractivity (Wildman–Crippen MR) is 86.0 cm³/mol. The number of hydrogen-bond donors (Lipinski definition) is 1. The van der Waals surface area contributed by atoms with Crippen LogP contribution in [0.3, 0.4) is 0 Å². The first kappa shape index (κ1) is 15.3. The normalized spacial score (nSPS) is 16.4. The Hall–Kier alpha value is -2.60. The molecular weight excluding hydrogens is 317 g/mol. The lowest BCUT2D eigenvalue weighted by atomic mass is 10.2. The van der Waals surface area contributed by atoms with Gasteiger partial charge in [-0.3, -0.25) is 14.5 Å². The minimum atomic E-state index is -0.396. The molecule has 6 heteroatoms. The molecule has 0 radical (unpaired) electrons. The number of thioether (sulfide) groups is 1. The molecule has 1 N–H and O–H groups in total. The van der Waals surface area contributed by atoms with Crippen molar-refractivity contribution in [2.75, 3.05) is 0 Å². The third-order valence-corrected chi connectivity index (χ3v) is 4.20. The molecular formula is C17H12FNO3S. The van der Waals surface area contributed by atoms with Crippen LogP contribution in [0.2, 0.25) is 0 Å². The summed E-state index contributed by atoms with van der Waals surface area (Å²) in [6.07, 6.45) is 1.56.